The predicted molar refractivity (Wildman–Crippen MR) is 189 cm³/mol. The highest BCUT2D eigenvalue weighted by Gasteiger charge is 2.16. The third kappa shape index (κ3) is 5.14. The topological polar surface area (TPSA) is 71.0 Å². The molecule has 0 fully saturated rings. The number of rotatable bonds is 6. The molecule has 46 heavy (non-hydrogen) atoms. The van der Waals surface area contributed by atoms with Crippen LogP contribution in [0.1, 0.15) is 33.4 Å². The van der Waals surface area contributed by atoms with Gasteiger partial charge < -0.3 is 10.0 Å². The van der Waals surface area contributed by atoms with Gasteiger partial charge >= 0.3 is 0 Å². The van der Waals surface area contributed by atoms with Gasteiger partial charge in [-0.3, -0.25) is 0 Å². The maximum atomic E-state index is 9.94. The molecule has 7 aromatic rings. The summed E-state index contributed by atoms with van der Waals surface area (Å²) in [4.78, 5) is 2.25. The Morgan fingerprint density at radius 1 is 0.587 bits per heavy atom. The highest BCUT2D eigenvalue weighted by atomic mass is 16.3. The maximum absolute atomic E-state index is 9.94. The van der Waals surface area contributed by atoms with Crippen molar-refractivity contribution in [2.24, 2.45) is 0 Å². The molecule has 4 nitrogen and oxygen atoms in total. The fraction of sp³-hybridized carbons (Fsp3) is 0.0476. The van der Waals surface area contributed by atoms with Crippen LogP contribution in [0.15, 0.2) is 127 Å². The molecule has 0 unspecified atom stereocenters. The first-order chi connectivity index (χ1) is 22.6. The number of aliphatic hydroxyl groups excluding tert-OH is 1. The SMILES string of the molecule is Cc1ccc2c(C#N)c(C#N)c3ccc(/C=C/c4ccc(N(c5ccc(CO)cc5)c5cccc6ccccc56)cc4)cc3c2c1. The molecular weight excluding hydrogens is 562 g/mol. The lowest BCUT2D eigenvalue weighted by Crippen LogP contribution is -2.10. The van der Waals surface area contributed by atoms with E-state index in [0.717, 1.165) is 66.2 Å². The Kier molecular flexibility index (Phi) is 7.49. The van der Waals surface area contributed by atoms with Crippen LogP contribution in [0.5, 0.6) is 0 Å². The van der Waals surface area contributed by atoms with Crippen molar-refractivity contribution in [1.29, 1.82) is 10.5 Å². The Morgan fingerprint density at radius 2 is 1.17 bits per heavy atom. The van der Waals surface area contributed by atoms with Crippen molar-refractivity contribution in [1.82, 2.24) is 0 Å². The maximum Gasteiger partial charge on any atom is 0.101 e. The summed E-state index contributed by atoms with van der Waals surface area (Å²) < 4.78 is 0. The van der Waals surface area contributed by atoms with Crippen molar-refractivity contribution < 1.29 is 5.11 Å². The number of aryl methyl sites for hydroxylation is 1. The lowest BCUT2D eigenvalue weighted by Gasteiger charge is -2.27. The van der Waals surface area contributed by atoms with E-state index >= 15 is 0 Å². The number of nitriles is 2. The molecule has 0 aliphatic rings. The molecule has 0 saturated heterocycles. The zero-order valence-electron chi connectivity index (χ0n) is 25.3. The largest absolute Gasteiger partial charge is 0.392 e. The normalized spacial score (nSPS) is 11.2. The third-order valence-electron chi connectivity index (χ3n) is 8.53. The van der Waals surface area contributed by atoms with Crippen molar-refractivity contribution in [2.75, 3.05) is 4.90 Å². The molecule has 0 bridgehead atoms. The fourth-order valence-corrected chi connectivity index (χ4v) is 6.21. The Morgan fingerprint density at radius 3 is 1.87 bits per heavy atom. The molecule has 0 amide bonds. The molecule has 0 aliphatic carbocycles. The first kappa shape index (κ1) is 28.6. The molecule has 0 spiro atoms. The summed E-state index contributed by atoms with van der Waals surface area (Å²) >= 11 is 0. The lowest BCUT2D eigenvalue weighted by atomic mass is 9.91. The van der Waals surface area contributed by atoms with E-state index in [2.05, 4.69) is 108 Å². The van der Waals surface area contributed by atoms with E-state index in [1.807, 2.05) is 55.5 Å². The van der Waals surface area contributed by atoms with Crippen molar-refractivity contribution in [3.05, 3.63) is 161 Å². The predicted octanol–water partition coefficient (Wildman–Crippen LogP) is 10.3. The Bertz CT molecular complexity index is 2370. The molecule has 0 aliphatic heterocycles. The molecule has 0 saturated carbocycles. The first-order valence-corrected chi connectivity index (χ1v) is 15.1. The van der Waals surface area contributed by atoms with Crippen LogP contribution in [-0.2, 0) is 6.61 Å². The molecule has 1 N–H and O–H groups in total. The summed E-state index contributed by atoms with van der Waals surface area (Å²) in [6.45, 7) is 2.04. The minimum absolute atomic E-state index is 0.00302. The molecule has 4 heteroatoms. The quantitative estimate of drug-likeness (QED) is 0.154. The van der Waals surface area contributed by atoms with Crippen LogP contribution in [0.2, 0.25) is 0 Å². The van der Waals surface area contributed by atoms with Crippen LogP contribution in [0.3, 0.4) is 0 Å². The molecule has 0 aromatic heterocycles. The van der Waals surface area contributed by atoms with Crippen molar-refractivity contribution in [2.45, 2.75) is 13.5 Å². The van der Waals surface area contributed by atoms with Gasteiger partial charge in [0.15, 0.2) is 0 Å². The van der Waals surface area contributed by atoms with Crippen LogP contribution in [0.4, 0.5) is 17.1 Å². The van der Waals surface area contributed by atoms with Gasteiger partial charge in [-0.15, -0.1) is 0 Å². The van der Waals surface area contributed by atoms with Gasteiger partial charge in [0.05, 0.1) is 23.4 Å². The Balaban J connectivity index is 1.27. The number of aliphatic hydroxyl groups is 1. The summed E-state index contributed by atoms with van der Waals surface area (Å²) in [5.41, 5.74) is 7.98. The summed E-state index contributed by atoms with van der Waals surface area (Å²) in [5.74, 6) is 0. The van der Waals surface area contributed by atoms with Gasteiger partial charge in [0.25, 0.3) is 0 Å². The van der Waals surface area contributed by atoms with E-state index in [9.17, 15) is 15.6 Å². The minimum atomic E-state index is 0.00302. The van der Waals surface area contributed by atoms with Gasteiger partial charge in [-0.1, -0.05) is 109 Å². The number of anilines is 3. The molecule has 7 rings (SSSR count). The second-order valence-electron chi connectivity index (χ2n) is 11.4. The Labute approximate surface area is 267 Å². The van der Waals surface area contributed by atoms with Crippen molar-refractivity contribution in [3.8, 4) is 12.1 Å². The summed E-state index contributed by atoms with van der Waals surface area (Å²) in [6, 6.07) is 47.8. The molecule has 0 heterocycles. The van der Waals surface area contributed by atoms with Crippen LogP contribution in [0.25, 0.3) is 44.5 Å². The van der Waals surface area contributed by atoms with Crippen LogP contribution >= 0.6 is 0 Å². The molecular formula is C42H29N3O. The first-order valence-electron chi connectivity index (χ1n) is 15.1. The fourth-order valence-electron chi connectivity index (χ4n) is 6.21. The zero-order valence-corrected chi connectivity index (χ0v) is 25.3. The van der Waals surface area contributed by atoms with E-state index in [4.69, 9.17) is 0 Å². The van der Waals surface area contributed by atoms with E-state index < -0.39 is 0 Å². The van der Waals surface area contributed by atoms with E-state index in [0.29, 0.717) is 11.1 Å². The van der Waals surface area contributed by atoms with Crippen LogP contribution in [-0.4, -0.2) is 5.11 Å². The smallest absolute Gasteiger partial charge is 0.101 e. The second kappa shape index (κ2) is 12.1. The number of hydrogen-bond donors (Lipinski definition) is 1. The van der Waals surface area contributed by atoms with Crippen LogP contribution < -0.4 is 4.90 Å². The third-order valence-corrected chi connectivity index (χ3v) is 8.53. The zero-order chi connectivity index (χ0) is 31.6. The number of fused-ring (bicyclic) bond motifs is 4. The average molecular weight is 592 g/mol. The summed E-state index contributed by atoms with van der Waals surface area (Å²) in [5, 5.41) is 35.3. The summed E-state index contributed by atoms with van der Waals surface area (Å²) in [7, 11) is 0. The van der Waals surface area contributed by atoms with Gasteiger partial charge in [-0.25, -0.2) is 0 Å². The van der Waals surface area contributed by atoms with Gasteiger partial charge in [-0.05, 0) is 76.2 Å². The summed E-state index contributed by atoms with van der Waals surface area (Å²) in [6.07, 6.45) is 4.17. The highest BCUT2D eigenvalue weighted by molar-refractivity contribution is 6.13. The lowest BCUT2D eigenvalue weighted by molar-refractivity contribution is 0.282. The van der Waals surface area contributed by atoms with Gasteiger partial charge in [0.2, 0.25) is 0 Å². The van der Waals surface area contributed by atoms with Crippen molar-refractivity contribution in [3.63, 3.8) is 0 Å². The average Bonchev–Trinajstić information content (AvgIpc) is 3.11. The molecule has 0 radical (unpaired) electrons. The highest BCUT2D eigenvalue weighted by Crippen LogP contribution is 2.39. The van der Waals surface area contributed by atoms with E-state index in [-0.39, 0.29) is 6.61 Å². The van der Waals surface area contributed by atoms with Gasteiger partial charge in [0, 0.05) is 27.5 Å². The second-order valence-corrected chi connectivity index (χ2v) is 11.4. The monoisotopic (exact) mass is 591 g/mol. The van der Waals surface area contributed by atoms with E-state index in [1.54, 1.807) is 0 Å². The number of hydrogen-bond acceptors (Lipinski definition) is 4. The minimum Gasteiger partial charge on any atom is -0.392 e. The Hall–Kier alpha value is -6.20. The van der Waals surface area contributed by atoms with Gasteiger partial charge in [-0.2, -0.15) is 10.5 Å². The number of benzene rings is 7. The number of nitrogens with zero attached hydrogens (tertiary/aromatic N) is 3. The standard InChI is InChI=1S/C42H29N3O/c1-28-9-21-36-38(23-28)39-24-30(16-22-37(39)41(26-44)40(36)25-43)11-10-29-12-17-33(18-13-29)45(34-19-14-31(27-46)15-20-34)42-8-4-6-32-5-2-3-7-35(32)42/h2-24,46H,27H2,1H3/b11-10+. The van der Waals surface area contributed by atoms with E-state index in [1.165, 1.54) is 5.39 Å². The molecule has 218 valence electrons. The van der Waals surface area contributed by atoms with Gasteiger partial charge in [0.1, 0.15) is 12.1 Å². The molecule has 7 aromatic carbocycles. The molecule has 0 atom stereocenters. The van der Waals surface area contributed by atoms with Crippen molar-refractivity contribution >= 4 is 61.5 Å². The van der Waals surface area contributed by atoms with Crippen LogP contribution in [0, 0.1) is 29.6 Å².